The van der Waals surface area contributed by atoms with Crippen LogP contribution >= 0.6 is 0 Å². The molecule has 1 aliphatic heterocycles. The number of hydrogen-bond acceptors (Lipinski definition) is 3. The molecule has 1 aromatic rings. The summed E-state index contributed by atoms with van der Waals surface area (Å²) in [5.74, 6) is -0.833. The molecule has 6 heteroatoms. The van der Waals surface area contributed by atoms with Gasteiger partial charge in [0.1, 0.15) is 0 Å². The summed E-state index contributed by atoms with van der Waals surface area (Å²) < 4.78 is 0. The molecule has 1 saturated heterocycles. The molecule has 1 aromatic carbocycles. The molecule has 1 heterocycles. The van der Waals surface area contributed by atoms with E-state index in [1.807, 2.05) is 4.90 Å². The molecule has 3 rings (SSSR count). The summed E-state index contributed by atoms with van der Waals surface area (Å²) in [7, 11) is 0. The Bertz CT molecular complexity index is 578. The molecule has 2 aliphatic rings. The fraction of sp³-hybridized carbons (Fsp3) is 0.556. The Hall–Kier alpha value is -2.08. The van der Waals surface area contributed by atoms with E-state index in [0.29, 0.717) is 6.54 Å². The van der Waals surface area contributed by atoms with Crippen LogP contribution in [0.3, 0.4) is 0 Å². The zero-order valence-electron chi connectivity index (χ0n) is 14.4. The molecule has 0 radical (unpaired) electrons. The van der Waals surface area contributed by atoms with Gasteiger partial charge in [-0.2, -0.15) is 0 Å². The predicted molar refractivity (Wildman–Crippen MR) is 92.7 cm³/mol. The van der Waals surface area contributed by atoms with Crippen molar-refractivity contribution in [1.29, 1.82) is 0 Å². The van der Waals surface area contributed by atoms with Gasteiger partial charge in [0.05, 0.1) is 5.54 Å². The minimum atomic E-state index is -0.833. The van der Waals surface area contributed by atoms with E-state index in [1.54, 1.807) is 0 Å². The number of nitrogens with one attached hydrogen (secondary N) is 1. The fourth-order valence-electron chi connectivity index (χ4n) is 2.96. The number of amides is 2. The lowest BCUT2D eigenvalue weighted by atomic mass is 10.0. The van der Waals surface area contributed by atoms with Gasteiger partial charge in [0.15, 0.2) is 0 Å². The van der Waals surface area contributed by atoms with Gasteiger partial charge in [-0.1, -0.05) is 29.8 Å². The minimum Gasteiger partial charge on any atom is -0.481 e. The van der Waals surface area contributed by atoms with E-state index in [1.165, 1.54) is 11.1 Å². The Morgan fingerprint density at radius 1 is 1.29 bits per heavy atom. The Kier molecular flexibility index (Phi) is 5.83. The third kappa shape index (κ3) is 4.96. The number of likely N-dealkylation sites (tertiary alicyclic amines) is 1. The number of carbonyl (C=O) groups excluding carboxylic acids is 1. The maximum Gasteiger partial charge on any atom is 0.318 e. The van der Waals surface area contributed by atoms with E-state index in [0.717, 1.165) is 39.2 Å². The standard InChI is InChI=1S/C16H23N3O.C2H4O2/c1-12-4-6-13(7-5-12)16(8-9-16)18-15(20)19-10-2-3-14(17)11-19;1-2(3)4/h4-7,14H,2-3,8-11,17H2,1H3,(H,18,20);1H3,(H,3,4)/t14-;/m0./s1. The van der Waals surface area contributed by atoms with Gasteiger partial charge in [-0.15, -0.1) is 0 Å². The number of carbonyl (C=O) groups is 2. The van der Waals surface area contributed by atoms with E-state index in [4.69, 9.17) is 15.6 Å². The topological polar surface area (TPSA) is 95.7 Å². The van der Waals surface area contributed by atoms with Gasteiger partial charge in [0.2, 0.25) is 0 Å². The van der Waals surface area contributed by atoms with Crippen molar-refractivity contribution >= 4 is 12.0 Å². The number of rotatable bonds is 2. The van der Waals surface area contributed by atoms with E-state index in [2.05, 4.69) is 36.5 Å². The third-order valence-corrected chi connectivity index (χ3v) is 4.45. The number of carboxylic acids is 1. The number of piperidine rings is 1. The van der Waals surface area contributed by atoms with Crippen LogP contribution in [0, 0.1) is 6.92 Å². The van der Waals surface area contributed by atoms with Crippen molar-refractivity contribution in [3.8, 4) is 0 Å². The summed E-state index contributed by atoms with van der Waals surface area (Å²) in [6.45, 7) is 4.66. The van der Waals surface area contributed by atoms with Gasteiger partial charge in [-0.25, -0.2) is 4.79 Å². The molecule has 0 aromatic heterocycles. The number of urea groups is 1. The highest BCUT2D eigenvalue weighted by molar-refractivity contribution is 5.76. The average Bonchev–Trinajstić information content (AvgIpc) is 3.28. The van der Waals surface area contributed by atoms with Crippen molar-refractivity contribution in [2.45, 2.75) is 51.1 Å². The molecular formula is C18H27N3O3. The molecule has 2 amide bonds. The summed E-state index contributed by atoms with van der Waals surface area (Å²) in [5, 5.41) is 10.6. The summed E-state index contributed by atoms with van der Waals surface area (Å²) in [6.07, 6.45) is 4.09. The molecule has 1 atom stereocenters. The normalized spacial score (nSPS) is 21.3. The SMILES string of the molecule is CC(=O)O.Cc1ccc(C2(NC(=O)N3CCC[C@H](N)C3)CC2)cc1. The second-order valence-corrected chi connectivity index (χ2v) is 6.75. The molecule has 0 bridgehead atoms. The van der Waals surface area contributed by atoms with E-state index >= 15 is 0 Å². The van der Waals surface area contributed by atoms with Crippen LogP contribution in [0.5, 0.6) is 0 Å². The highest BCUT2D eigenvalue weighted by atomic mass is 16.4. The molecule has 4 N–H and O–H groups in total. The highest BCUT2D eigenvalue weighted by Crippen LogP contribution is 2.45. The van der Waals surface area contributed by atoms with Crippen molar-refractivity contribution in [2.75, 3.05) is 13.1 Å². The first-order valence-electron chi connectivity index (χ1n) is 8.42. The summed E-state index contributed by atoms with van der Waals surface area (Å²) >= 11 is 0. The smallest absolute Gasteiger partial charge is 0.318 e. The molecule has 0 unspecified atom stereocenters. The fourth-order valence-corrected chi connectivity index (χ4v) is 2.96. The summed E-state index contributed by atoms with van der Waals surface area (Å²) in [4.78, 5) is 23.3. The number of aryl methyl sites for hydroxylation is 1. The van der Waals surface area contributed by atoms with Crippen molar-refractivity contribution in [2.24, 2.45) is 5.73 Å². The summed E-state index contributed by atoms with van der Waals surface area (Å²) in [5.41, 5.74) is 8.28. The second kappa shape index (κ2) is 7.66. The van der Waals surface area contributed by atoms with Crippen LogP contribution < -0.4 is 11.1 Å². The van der Waals surface area contributed by atoms with E-state index < -0.39 is 5.97 Å². The Balaban J connectivity index is 0.000000471. The quantitative estimate of drug-likeness (QED) is 0.773. The van der Waals surface area contributed by atoms with Crippen LogP contribution in [-0.4, -0.2) is 41.1 Å². The van der Waals surface area contributed by atoms with Crippen LogP contribution in [-0.2, 0) is 10.3 Å². The van der Waals surface area contributed by atoms with Gasteiger partial charge in [-0.3, -0.25) is 4.79 Å². The van der Waals surface area contributed by atoms with Crippen molar-refractivity contribution in [3.05, 3.63) is 35.4 Å². The molecule has 0 spiro atoms. The molecule has 1 saturated carbocycles. The molecule has 1 aliphatic carbocycles. The Morgan fingerprint density at radius 2 is 1.88 bits per heavy atom. The largest absolute Gasteiger partial charge is 0.481 e. The van der Waals surface area contributed by atoms with Gasteiger partial charge in [-0.05, 0) is 38.2 Å². The molecule has 2 fully saturated rings. The predicted octanol–water partition coefficient (Wildman–Crippen LogP) is 2.21. The van der Waals surface area contributed by atoms with Crippen LogP contribution in [0.2, 0.25) is 0 Å². The van der Waals surface area contributed by atoms with Gasteiger partial charge < -0.3 is 21.1 Å². The molecule has 6 nitrogen and oxygen atoms in total. The minimum absolute atomic E-state index is 0.0400. The summed E-state index contributed by atoms with van der Waals surface area (Å²) in [6, 6.07) is 8.65. The van der Waals surface area contributed by atoms with E-state index in [9.17, 15) is 4.79 Å². The average molecular weight is 333 g/mol. The number of nitrogens with zero attached hydrogens (tertiary/aromatic N) is 1. The maximum atomic E-state index is 12.4. The maximum absolute atomic E-state index is 12.4. The van der Waals surface area contributed by atoms with Crippen molar-refractivity contribution < 1.29 is 14.7 Å². The van der Waals surface area contributed by atoms with Gasteiger partial charge in [0.25, 0.3) is 5.97 Å². The first-order chi connectivity index (χ1) is 11.3. The van der Waals surface area contributed by atoms with Crippen molar-refractivity contribution in [1.82, 2.24) is 10.2 Å². The number of nitrogens with two attached hydrogens (primary N) is 1. The second-order valence-electron chi connectivity index (χ2n) is 6.75. The Morgan fingerprint density at radius 3 is 2.38 bits per heavy atom. The van der Waals surface area contributed by atoms with Crippen LogP contribution in [0.1, 0.15) is 43.7 Å². The number of aliphatic carboxylic acids is 1. The number of hydrogen-bond donors (Lipinski definition) is 3. The molecule has 24 heavy (non-hydrogen) atoms. The molecular weight excluding hydrogens is 306 g/mol. The lowest BCUT2D eigenvalue weighted by Crippen LogP contribution is -2.51. The van der Waals surface area contributed by atoms with Crippen molar-refractivity contribution in [3.63, 3.8) is 0 Å². The highest BCUT2D eigenvalue weighted by Gasteiger charge is 2.46. The van der Waals surface area contributed by atoms with Crippen LogP contribution in [0.15, 0.2) is 24.3 Å². The Labute approximate surface area is 143 Å². The van der Waals surface area contributed by atoms with Gasteiger partial charge in [0, 0.05) is 26.1 Å². The zero-order chi connectivity index (χ0) is 17.7. The van der Waals surface area contributed by atoms with Gasteiger partial charge >= 0.3 is 6.03 Å². The first-order valence-corrected chi connectivity index (χ1v) is 8.42. The molecule has 132 valence electrons. The zero-order valence-corrected chi connectivity index (χ0v) is 14.4. The third-order valence-electron chi connectivity index (χ3n) is 4.45. The monoisotopic (exact) mass is 333 g/mol. The lowest BCUT2D eigenvalue weighted by Gasteiger charge is -2.32. The van der Waals surface area contributed by atoms with Crippen LogP contribution in [0.4, 0.5) is 4.79 Å². The number of benzene rings is 1. The first kappa shape index (κ1) is 18.3. The van der Waals surface area contributed by atoms with Crippen LogP contribution in [0.25, 0.3) is 0 Å². The lowest BCUT2D eigenvalue weighted by molar-refractivity contribution is -0.134. The number of carboxylic acid groups (broad SMARTS) is 1. The van der Waals surface area contributed by atoms with E-state index in [-0.39, 0.29) is 17.6 Å².